The Hall–Kier alpha value is -2.56. The van der Waals surface area contributed by atoms with Gasteiger partial charge in [0.1, 0.15) is 5.52 Å². The van der Waals surface area contributed by atoms with Crippen molar-refractivity contribution < 1.29 is 4.74 Å². The monoisotopic (exact) mass is 240 g/mol. The highest BCUT2D eigenvalue weighted by molar-refractivity contribution is 5.60. The fourth-order valence-corrected chi connectivity index (χ4v) is 1.78. The summed E-state index contributed by atoms with van der Waals surface area (Å²) in [6.45, 7) is 1.98. The number of nitrogen functional groups attached to an aromatic ring is 1. The van der Waals surface area contributed by atoms with Crippen LogP contribution in [-0.2, 0) is 0 Å². The largest absolute Gasteiger partial charge is 0.435 e. The summed E-state index contributed by atoms with van der Waals surface area (Å²) in [6, 6.07) is 7.49. The molecule has 5 nitrogen and oxygen atoms in total. The van der Waals surface area contributed by atoms with Gasteiger partial charge in [0.15, 0.2) is 5.75 Å². The van der Waals surface area contributed by atoms with Crippen LogP contribution in [0.2, 0.25) is 0 Å². The molecule has 0 spiro atoms. The Kier molecular flexibility index (Phi) is 2.37. The lowest BCUT2D eigenvalue weighted by Gasteiger charge is -2.08. The number of nitrogens with zero attached hydrogens (tertiary/aromatic N) is 3. The molecule has 1 aromatic carbocycles. The molecule has 0 radical (unpaired) electrons. The van der Waals surface area contributed by atoms with Gasteiger partial charge >= 0.3 is 0 Å². The van der Waals surface area contributed by atoms with Gasteiger partial charge in [0, 0.05) is 12.4 Å². The molecule has 0 saturated carbocycles. The molecule has 0 amide bonds. The topological polar surface area (TPSA) is 65.4 Å². The normalized spacial score (nSPS) is 10.7. The molecule has 0 fully saturated rings. The van der Waals surface area contributed by atoms with Crippen LogP contribution in [-0.4, -0.2) is 14.6 Å². The van der Waals surface area contributed by atoms with Gasteiger partial charge in [-0.3, -0.25) is 0 Å². The Morgan fingerprint density at radius 3 is 2.94 bits per heavy atom. The smallest absolute Gasteiger partial charge is 0.245 e. The number of aromatic nitrogens is 3. The number of aryl methyl sites for hydroxylation is 1. The van der Waals surface area contributed by atoms with Crippen LogP contribution < -0.4 is 10.5 Å². The van der Waals surface area contributed by atoms with Crippen molar-refractivity contribution in [2.75, 3.05) is 5.73 Å². The van der Waals surface area contributed by atoms with Gasteiger partial charge in [0.2, 0.25) is 5.88 Å². The van der Waals surface area contributed by atoms with Gasteiger partial charge < -0.3 is 10.5 Å². The maximum atomic E-state index is 5.91. The van der Waals surface area contributed by atoms with E-state index in [0.29, 0.717) is 17.3 Å². The van der Waals surface area contributed by atoms with E-state index in [1.165, 1.54) is 0 Å². The molecule has 0 aliphatic rings. The van der Waals surface area contributed by atoms with E-state index in [4.69, 9.17) is 10.5 Å². The van der Waals surface area contributed by atoms with Gasteiger partial charge in [-0.1, -0.05) is 6.07 Å². The summed E-state index contributed by atoms with van der Waals surface area (Å²) in [5.74, 6) is 1.09. The van der Waals surface area contributed by atoms with Crippen molar-refractivity contribution in [1.29, 1.82) is 0 Å². The molecule has 2 aromatic heterocycles. The first-order valence-electron chi connectivity index (χ1n) is 5.56. The van der Waals surface area contributed by atoms with Gasteiger partial charge in [-0.2, -0.15) is 5.10 Å². The molecule has 2 N–H and O–H groups in total. The van der Waals surface area contributed by atoms with E-state index in [1.54, 1.807) is 23.1 Å². The summed E-state index contributed by atoms with van der Waals surface area (Å²) >= 11 is 0. The van der Waals surface area contributed by atoms with E-state index >= 15 is 0 Å². The first-order chi connectivity index (χ1) is 8.74. The number of hydrogen-bond donors (Lipinski definition) is 1. The van der Waals surface area contributed by atoms with Crippen molar-refractivity contribution in [3.8, 4) is 11.6 Å². The molecule has 5 heteroatoms. The summed E-state index contributed by atoms with van der Waals surface area (Å²) in [5, 5.41) is 4.12. The molecule has 0 atom stereocenters. The van der Waals surface area contributed by atoms with Crippen LogP contribution in [0, 0.1) is 6.92 Å². The summed E-state index contributed by atoms with van der Waals surface area (Å²) in [4.78, 5) is 4.20. The lowest BCUT2D eigenvalue weighted by atomic mass is 10.2. The number of anilines is 1. The van der Waals surface area contributed by atoms with Crippen LogP contribution in [0.5, 0.6) is 11.6 Å². The van der Waals surface area contributed by atoms with E-state index in [1.807, 2.05) is 31.2 Å². The first-order valence-corrected chi connectivity index (χ1v) is 5.56. The van der Waals surface area contributed by atoms with Crippen molar-refractivity contribution >= 4 is 11.2 Å². The number of hydrogen-bond acceptors (Lipinski definition) is 4. The zero-order valence-electron chi connectivity index (χ0n) is 9.87. The first kappa shape index (κ1) is 10.6. The Morgan fingerprint density at radius 1 is 1.22 bits per heavy atom. The van der Waals surface area contributed by atoms with Crippen molar-refractivity contribution in [3.63, 3.8) is 0 Å². The maximum absolute atomic E-state index is 5.91. The van der Waals surface area contributed by atoms with Crippen molar-refractivity contribution in [1.82, 2.24) is 14.6 Å². The Morgan fingerprint density at radius 2 is 2.11 bits per heavy atom. The fourth-order valence-electron chi connectivity index (χ4n) is 1.78. The van der Waals surface area contributed by atoms with Gasteiger partial charge in [0.25, 0.3) is 0 Å². The molecular formula is C13H12N4O. The SMILES string of the molecule is Cc1ccc(Oc2nccn3nccc23)c(N)c1. The lowest BCUT2D eigenvalue weighted by Crippen LogP contribution is -1.96. The number of ether oxygens (including phenoxy) is 1. The average Bonchev–Trinajstić information content (AvgIpc) is 2.82. The number of fused-ring (bicyclic) bond motifs is 1. The minimum atomic E-state index is 0.491. The average molecular weight is 240 g/mol. The summed E-state index contributed by atoms with van der Waals surface area (Å²) in [7, 11) is 0. The van der Waals surface area contributed by atoms with E-state index in [2.05, 4.69) is 10.1 Å². The Balaban J connectivity index is 2.03. The third kappa shape index (κ3) is 1.75. The van der Waals surface area contributed by atoms with Crippen molar-refractivity contribution in [2.45, 2.75) is 6.92 Å². The second kappa shape index (κ2) is 4.03. The van der Waals surface area contributed by atoms with Crippen LogP contribution in [0.15, 0.2) is 42.9 Å². The molecule has 2 heterocycles. The van der Waals surface area contributed by atoms with Crippen LogP contribution in [0.3, 0.4) is 0 Å². The maximum Gasteiger partial charge on any atom is 0.245 e. The molecule has 0 saturated heterocycles. The van der Waals surface area contributed by atoms with Crippen molar-refractivity contribution in [3.05, 3.63) is 48.4 Å². The summed E-state index contributed by atoms with van der Waals surface area (Å²) < 4.78 is 7.44. The van der Waals surface area contributed by atoms with E-state index < -0.39 is 0 Å². The second-order valence-corrected chi connectivity index (χ2v) is 4.04. The highest BCUT2D eigenvalue weighted by atomic mass is 16.5. The molecule has 90 valence electrons. The fraction of sp³-hybridized carbons (Fsp3) is 0.0769. The molecule has 0 unspecified atom stereocenters. The highest BCUT2D eigenvalue weighted by Gasteiger charge is 2.07. The zero-order chi connectivity index (χ0) is 12.5. The third-order valence-electron chi connectivity index (χ3n) is 2.66. The van der Waals surface area contributed by atoms with E-state index in [0.717, 1.165) is 11.1 Å². The second-order valence-electron chi connectivity index (χ2n) is 4.04. The zero-order valence-corrected chi connectivity index (χ0v) is 9.87. The molecule has 3 aromatic rings. The van der Waals surface area contributed by atoms with Crippen LogP contribution in [0.1, 0.15) is 5.56 Å². The minimum absolute atomic E-state index is 0.491. The molecule has 0 bridgehead atoms. The van der Waals surface area contributed by atoms with Gasteiger partial charge in [-0.05, 0) is 30.7 Å². The van der Waals surface area contributed by atoms with Crippen LogP contribution in [0.4, 0.5) is 5.69 Å². The molecule has 0 aliphatic heterocycles. The van der Waals surface area contributed by atoms with E-state index in [9.17, 15) is 0 Å². The predicted octanol–water partition coefficient (Wildman–Crippen LogP) is 2.41. The molecule has 3 rings (SSSR count). The van der Waals surface area contributed by atoms with Crippen molar-refractivity contribution in [2.24, 2.45) is 0 Å². The summed E-state index contributed by atoms with van der Waals surface area (Å²) in [5.41, 5.74) is 8.41. The van der Waals surface area contributed by atoms with Gasteiger partial charge in [-0.15, -0.1) is 0 Å². The molecule has 0 aliphatic carbocycles. The van der Waals surface area contributed by atoms with Crippen LogP contribution in [0.25, 0.3) is 5.52 Å². The number of nitrogens with two attached hydrogens (primary N) is 1. The standard InChI is InChI=1S/C13H12N4O/c1-9-2-3-12(10(14)8-9)18-13-11-4-5-16-17(11)7-6-15-13/h2-8H,14H2,1H3. The van der Waals surface area contributed by atoms with Gasteiger partial charge in [0.05, 0.1) is 11.9 Å². The number of benzene rings is 1. The third-order valence-corrected chi connectivity index (χ3v) is 2.66. The van der Waals surface area contributed by atoms with Crippen LogP contribution >= 0.6 is 0 Å². The highest BCUT2D eigenvalue weighted by Crippen LogP contribution is 2.28. The predicted molar refractivity (Wildman–Crippen MR) is 68.7 cm³/mol. The molecular weight excluding hydrogens is 228 g/mol. The summed E-state index contributed by atoms with van der Waals surface area (Å²) in [6.07, 6.45) is 5.10. The Bertz CT molecular complexity index is 705. The Labute approximate surface area is 104 Å². The number of rotatable bonds is 2. The lowest BCUT2D eigenvalue weighted by molar-refractivity contribution is 0.467. The van der Waals surface area contributed by atoms with Gasteiger partial charge in [-0.25, -0.2) is 9.50 Å². The minimum Gasteiger partial charge on any atom is -0.435 e. The molecule has 18 heavy (non-hydrogen) atoms. The quantitative estimate of drug-likeness (QED) is 0.698. The van der Waals surface area contributed by atoms with E-state index in [-0.39, 0.29) is 0 Å².